The van der Waals surface area contributed by atoms with E-state index in [4.69, 9.17) is 0 Å². The van der Waals surface area contributed by atoms with Crippen molar-refractivity contribution < 1.29 is 4.79 Å². The molecule has 0 spiro atoms. The Kier molecular flexibility index (Phi) is 3.28. The fourth-order valence-corrected chi connectivity index (χ4v) is 2.34. The average Bonchev–Trinajstić information content (AvgIpc) is 2.62. The Hall–Kier alpha value is -1.31. The largest absolute Gasteiger partial charge is 0.338 e. The number of amides is 1. The van der Waals surface area contributed by atoms with Crippen LogP contribution in [-0.2, 0) is 11.3 Å². The molecule has 1 amide bonds. The van der Waals surface area contributed by atoms with Crippen LogP contribution in [0, 0.1) is 11.8 Å². The second kappa shape index (κ2) is 4.69. The van der Waals surface area contributed by atoms with E-state index in [2.05, 4.69) is 26.0 Å². The van der Waals surface area contributed by atoms with Crippen LogP contribution < -0.4 is 0 Å². The summed E-state index contributed by atoms with van der Waals surface area (Å²) in [5.41, 5.74) is 1.22. The summed E-state index contributed by atoms with van der Waals surface area (Å²) >= 11 is 0. The van der Waals surface area contributed by atoms with E-state index < -0.39 is 0 Å². The highest BCUT2D eigenvalue weighted by Gasteiger charge is 2.33. The van der Waals surface area contributed by atoms with E-state index in [9.17, 15) is 4.79 Å². The van der Waals surface area contributed by atoms with Gasteiger partial charge in [-0.05, 0) is 17.9 Å². The molecule has 1 heterocycles. The average molecular weight is 217 g/mol. The summed E-state index contributed by atoms with van der Waals surface area (Å²) in [4.78, 5) is 14.1. The van der Waals surface area contributed by atoms with Gasteiger partial charge in [0.25, 0.3) is 0 Å². The molecule has 86 valence electrons. The molecule has 2 heteroatoms. The van der Waals surface area contributed by atoms with Crippen molar-refractivity contribution >= 4 is 5.91 Å². The molecule has 0 N–H and O–H groups in total. The molecule has 0 aliphatic carbocycles. The van der Waals surface area contributed by atoms with Crippen LogP contribution in [0.2, 0.25) is 0 Å². The number of hydrogen-bond acceptors (Lipinski definition) is 1. The fourth-order valence-electron chi connectivity index (χ4n) is 2.34. The van der Waals surface area contributed by atoms with Crippen LogP contribution in [0.15, 0.2) is 30.3 Å². The minimum absolute atomic E-state index is 0.240. The Labute approximate surface area is 97.3 Å². The molecule has 1 aliphatic heterocycles. The molecular formula is C14H19NO. The third-order valence-electron chi connectivity index (χ3n) is 3.36. The molecule has 2 nitrogen and oxygen atoms in total. The van der Waals surface area contributed by atoms with Gasteiger partial charge in [0.2, 0.25) is 5.91 Å². The van der Waals surface area contributed by atoms with Crippen LogP contribution in [0.1, 0.15) is 25.8 Å². The molecule has 0 aromatic heterocycles. The zero-order valence-electron chi connectivity index (χ0n) is 10.0. The molecular weight excluding hydrogens is 198 g/mol. The van der Waals surface area contributed by atoms with E-state index in [-0.39, 0.29) is 5.92 Å². The number of benzene rings is 1. The summed E-state index contributed by atoms with van der Waals surface area (Å²) in [5, 5.41) is 0. The first-order valence-electron chi connectivity index (χ1n) is 6.01. The van der Waals surface area contributed by atoms with Gasteiger partial charge in [0, 0.05) is 19.0 Å². The molecule has 16 heavy (non-hydrogen) atoms. The van der Waals surface area contributed by atoms with E-state index in [0.717, 1.165) is 19.5 Å². The van der Waals surface area contributed by atoms with E-state index in [1.54, 1.807) is 0 Å². The molecule has 1 aliphatic rings. The van der Waals surface area contributed by atoms with Crippen LogP contribution >= 0.6 is 0 Å². The van der Waals surface area contributed by atoms with Crippen molar-refractivity contribution in [1.29, 1.82) is 0 Å². The lowest BCUT2D eigenvalue weighted by Gasteiger charge is -2.18. The Bertz CT molecular complexity index is 358. The minimum atomic E-state index is 0.240. The highest BCUT2D eigenvalue weighted by atomic mass is 16.2. The Balaban J connectivity index is 2.01. The van der Waals surface area contributed by atoms with Gasteiger partial charge in [-0.25, -0.2) is 0 Å². The first-order chi connectivity index (χ1) is 7.68. The zero-order valence-corrected chi connectivity index (χ0v) is 10.0. The molecule has 0 bridgehead atoms. The Morgan fingerprint density at radius 1 is 1.31 bits per heavy atom. The van der Waals surface area contributed by atoms with Crippen molar-refractivity contribution in [3.05, 3.63) is 35.9 Å². The topological polar surface area (TPSA) is 20.3 Å². The van der Waals surface area contributed by atoms with Gasteiger partial charge in [0.1, 0.15) is 0 Å². The third kappa shape index (κ3) is 2.26. The molecule has 0 saturated carbocycles. The van der Waals surface area contributed by atoms with Gasteiger partial charge in [-0.1, -0.05) is 44.2 Å². The maximum Gasteiger partial charge on any atom is 0.226 e. The second-order valence-corrected chi connectivity index (χ2v) is 4.88. The maximum absolute atomic E-state index is 12.1. The van der Waals surface area contributed by atoms with Gasteiger partial charge < -0.3 is 4.90 Å². The van der Waals surface area contributed by atoms with Crippen LogP contribution in [0.25, 0.3) is 0 Å². The van der Waals surface area contributed by atoms with Gasteiger partial charge >= 0.3 is 0 Å². The number of hydrogen-bond donors (Lipinski definition) is 0. The number of carbonyl (C=O) groups is 1. The molecule has 1 saturated heterocycles. The lowest BCUT2D eigenvalue weighted by atomic mass is 9.95. The standard InChI is InChI=1S/C14H19NO/c1-11(2)13-8-9-15(14(13)16)10-12-6-4-3-5-7-12/h3-7,11,13H,8-10H2,1-2H3. The molecule has 1 fully saturated rings. The molecule has 1 unspecified atom stereocenters. The molecule has 1 aromatic carbocycles. The maximum atomic E-state index is 12.1. The lowest BCUT2D eigenvalue weighted by molar-refractivity contribution is -0.132. The molecule has 1 atom stereocenters. The quantitative estimate of drug-likeness (QED) is 0.762. The van der Waals surface area contributed by atoms with Gasteiger partial charge in [-0.15, -0.1) is 0 Å². The smallest absolute Gasteiger partial charge is 0.226 e. The lowest BCUT2D eigenvalue weighted by Crippen LogP contribution is -2.28. The number of likely N-dealkylation sites (tertiary alicyclic amines) is 1. The Morgan fingerprint density at radius 3 is 2.56 bits per heavy atom. The van der Waals surface area contributed by atoms with Crippen molar-refractivity contribution in [3.8, 4) is 0 Å². The van der Waals surface area contributed by atoms with Crippen LogP contribution in [-0.4, -0.2) is 17.4 Å². The van der Waals surface area contributed by atoms with Gasteiger partial charge in [-0.3, -0.25) is 4.79 Å². The SMILES string of the molecule is CC(C)C1CCN(Cc2ccccc2)C1=O. The second-order valence-electron chi connectivity index (χ2n) is 4.88. The van der Waals surface area contributed by atoms with E-state index in [1.165, 1.54) is 5.56 Å². The molecule has 0 radical (unpaired) electrons. The summed E-state index contributed by atoms with van der Waals surface area (Å²) < 4.78 is 0. The predicted octanol–water partition coefficient (Wildman–Crippen LogP) is 2.69. The monoisotopic (exact) mass is 217 g/mol. The summed E-state index contributed by atoms with van der Waals surface area (Å²) in [6.07, 6.45) is 1.02. The van der Waals surface area contributed by atoms with Gasteiger partial charge in [-0.2, -0.15) is 0 Å². The number of nitrogens with zero attached hydrogens (tertiary/aromatic N) is 1. The summed E-state index contributed by atoms with van der Waals surface area (Å²) in [5.74, 6) is 1.04. The van der Waals surface area contributed by atoms with Crippen molar-refractivity contribution in [3.63, 3.8) is 0 Å². The summed E-state index contributed by atoms with van der Waals surface area (Å²) in [6.45, 7) is 5.95. The van der Waals surface area contributed by atoms with Gasteiger partial charge in [0.15, 0.2) is 0 Å². The van der Waals surface area contributed by atoms with Crippen LogP contribution in [0.3, 0.4) is 0 Å². The van der Waals surface area contributed by atoms with Crippen LogP contribution in [0.5, 0.6) is 0 Å². The van der Waals surface area contributed by atoms with E-state index in [1.807, 2.05) is 23.1 Å². The summed E-state index contributed by atoms with van der Waals surface area (Å²) in [6, 6.07) is 10.2. The molecule has 2 rings (SSSR count). The number of rotatable bonds is 3. The Morgan fingerprint density at radius 2 is 2.00 bits per heavy atom. The van der Waals surface area contributed by atoms with Crippen molar-refractivity contribution in [1.82, 2.24) is 4.90 Å². The van der Waals surface area contributed by atoms with E-state index >= 15 is 0 Å². The van der Waals surface area contributed by atoms with Crippen LogP contribution in [0.4, 0.5) is 0 Å². The van der Waals surface area contributed by atoms with Crippen molar-refractivity contribution in [2.75, 3.05) is 6.54 Å². The van der Waals surface area contributed by atoms with Crippen molar-refractivity contribution in [2.24, 2.45) is 11.8 Å². The van der Waals surface area contributed by atoms with Crippen molar-refractivity contribution in [2.45, 2.75) is 26.8 Å². The first kappa shape index (κ1) is 11.2. The predicted molar refractivity (Wildman–Crippen MR) is 64.8 cm³/mol. The number of carbonyl (C=O) groups excluding carboxylic acids is 1. The zero-order chi connectivity index (χ0) is 11.5. The first-order valence-corrected chi connectivity index (χ1v) is 6.01. The van der Waals surface area contributed by atoms with E-state index in [0.29, 0.717) is 11.8 Å². The minimum Gasteiger partial charge on any atom is -0.338 e. The fraction of sp³-hybridized carbons (Fsp3) is 0.500. The van der Waals surface area contributed by atoms with Gasteiger partial charge in [0.05, 0.1) is 0 Å². The highest BCUT2D eigenvalue weighted by Crippen LogP contribution is 2.26. The summed E-state index contributed by atoms with van der Waals surface area (Å²) in [7, 11) is 0. The normalized spacial score (nSPS) is 20.8. The highest BCUT2D eigenvalue weighted by molar-refractivity contribution is 5.81. The molecule has 1 aromatic rings. The third-order valence-corrected chi connectivity index (χ3v) is 3.36.